The van der Waals surface area contributed by atoms with Gasteiger partial charge in [-0.15, -0.1) is 11.3 Å². The number of para-hydroxylation sites is 1. The molecule has 27 heavy (non-hydrogen) atoms. The molecule has 136 valence electrons. The smallest absolute Gasteiger partial charge is 0.258 e. The summed E-state index contributed by atoms with van der Waals surface area (Å²) >= 11 is 1.61. The third-order valence-corrected chi connectivity index (χ3v) is 5.77. The lowest BCUT2D eigenvalue weighted by Crippen LogP contribution is -2.28. The first-order valence-corrected chi connectivity index (χ1v) is 9.73. The van der Waals surface area contributed by atoms with Gasteiger partial charge in [0.15, 0.2) is 0 Å². The molecule has 0 bridgehead atoms. The van der Waals surface area contributed by atoms with Crippen molar-refractivity contribution in [1.82, 2.24) is 0 Å². The van der Waals surface area contributed by atoms with E-state index in [-0.39, 0.29) is 11.8 Å². The van der Waals surface area contributed by atoms with Crippen LogP contribution in [0.15, 0.2) is 54.6 Å². The van der Waals surface area contributed by atoms with Crippen LogP contribution in [-0.4, -0.2) is 18.4 Å². The number of thiophene rings is 1. The van der Waals surface area contributed by atoms with Gasteiger partial charge in [0.1, 0.15) is 0 Å². The molecule has 0 aliphatic carbocycles. The van der Waals surface area contributed by atoms with Crippen LogP contribution in [0.4, 0.5) is 11.4 Å². The average Bonchev–Trinajstić information content (AvgIpc) is 3.24. The Labute approximate surface area is 162 Å². The maximum absolute atomic E-state index is 12.9. The lowest BCUT2D eigenvalue weighted by atomic mass is 10.1. The highest BCUT2D eigenvalue weighted by Gasteiger charge is 2.25. The molecule has 0 radical (unpaired) electrons. The number of benzene rings is 2. The van der Waals surface area contributed by atoms with E-state index in [1.54, 1.807) is 35.6 Å². The number of aryl methyl sites for hydroxylation is 2. The van der Waals surface area contributed by atoms with Gasteiger partial charge in [0.2, 0.25) is 0 Å². The number of fused-ring (bicyclic) bond motifs is 1. The number of hydrogen-bond donors (Lipinski definition) is 1. The van der Waals surface area contributed by atoms with E-state index in [2.05, 4.69) is 11.4 Å². The number of nitrogens with one attached hydrogen (secondary N) is 1. The van der Waals surface area contributed by atoms with E-state index in [1.807, 2.05) is 43.0 Å². The standard InChI is InChI=1S/C22H20N2O2S/c1-14-13-19(15(2)27-14)21(25)23-18-9-7-17(8-10-18)22(26)24-12-11-16-5-3-4-6-20(16)24/h3-10,13H,11-12H2,1-2H3,(H,23,25). The second-order valence-corrected chi connectivity index (χ2v) is 8.15. The highest BCUT2D eigenvalue weighted by atomic mass is 32.1. The first kappa shape index (κ1) is 17.5. The third kappa shape index (κ3) is 3.38. The van der Waals surface area contributed by atoms with Gasteiger partial charge < -0.3 is 10.2 Å². The summed E-state index contributed by atoms with van der Waals surface area (Å²) in [4.78, 5) is 29.2. The molecule has 4 nitrogen and oxygen atoms in total. The van der Waals surface area contributed by atoms with Crippen molar-refractivity contribution >= 4 is 34.5 Å². The van der Waals surface area contributed by atoms with Crippen molar-refractivity contribution in [2.45, 2.75) is 20.3 Å². The van der Waals surface area contributed by atoms with Crippen molar-refractivity contribution in [3.8, 4) is 0 Å². The summed E-state index contributed by atoms with van der Waals surface area (Å²) in [5.74, 6) is -0.133. The first-order chi connectivity index (χ1) is 13.0. The van der Waals surface area contributed by atoms with Gasteiger partial charge >= 0.3 is 0 Å². The molecule has 4 rings (SSSR count). The van der Waals surface area contributed by atoms with Crippen LogP contribution in [0.5, 0.6) is 0 Å². The number of anilines is 2. The van der Waals surface area contributed by atoms with Gasteiger partial charge in [0.25, 0.3) is 11.8 Å². The predicted molar refractivity (Wildman–Crippen MR) is 110 cm³/mol. The van der Waals surface area contributed by atoms with Crippen LogP contribution in [0, 0.1) is 13.8 Å². The summed E-state index contributed by atoms with van der Waals surface area (Å²) in [7, 11) is 0. The van der Waals surface area contributed by atoms with Gasteiger partial charge in [-0.05, 0) is 62.2 Å². The summed E-state index contributed by atoms with van der Waals surface area (Å²) in [5.41, 5.74) is 4.19. The van der Waals surface area contributed by atoms with Crippen LogP contribution in [0.2, 0.25) is 0 Å². The highest BCUT2D eigenvalue weighted by molar-refractivity contribution is 7.12. The van der Waals surface area contributed by atoms with Crippen molar-refractivity contribution in [2.24, 2.45) is 0 Å². The highest BCUT2D eigenvalue weighted by Crippen LogP contribution is 2.29. The van der Waals surface area contributed by atoms with Gasteiger partial charge in [0.05, 0.1) is 5.56 Å². The number of amides is 2. The predicted octanol–water partition coefficient (Wildman–Crippen LogP) is 4.82. The molecule has 2 aromatic carbocycles. The van der Waals surface area contributed by atoms with Gasteiger partial charge in [-0.3, -0.25) is 9.59 Å². The zero-order chi connectivity index (χ0) is 19.0. The van der Waals surface area contributed by atoms with Crippen LogP contribution in [-0.2, 0) is 6.42 Å². The van der Waals surface area contributed by atoms with E-state index in [1.165, 1.54) is 5.56 Å². The molecule has 1 N–H and O–H groups in total. The second-order valence-electron chi connectivity index (χ2n) is 6.69. The Balaban J connectivity index is 1.49. The monoisotopic (exact) mass is 376 g/mol. The van der Waals surface area contributed by atoms with Crippen molar-refractivity contribution in [3.05, 3.63) is 81.0 Å². The average molecular weight is 376 g/mol. The normalized spacial score (nSPS) is 12.7. The molecule has 0 saturated heterocycles. The molecule has 1 aliphatic rings. The Bertz CT molecular complexity index is 1020. The van der Waals surface area contributed by atoms with Crippen LogP contribution in [0.3, 0.4) is 0 Å². The number of hydrogen-bond acceptors (Lipinski definition) is 3. The Hall–Kier alpha value is -2.92. The Kier molecular flexibility index (Phi) is 4.54. The first-order valence-electron chi connectivity index (χ1n) is 8.91. The minimum atomic E-state index is -0.121. The van der Waals surface area contributed by atoms with Crippen molar-refractivity contribution in [1.29, 1.82) is 0 Å². The lowest BCUT2D eigenvalue weighted by molar-refractivity contribution is 0.0988. The van der Waals surface area contributed by atoms with Crippen LogP contribution >= 0.6 is 11.3 Å². The second kappa shape index (κ2) is 7.00. The quantitative estimate of drug-likeness (QED) is 0.712. The summed E-state index contributed by atoms with van der Waals surface area (Å²) in [5, 5.41) is 2.91. The van der Waals surface area contributed by atoms with Crippen molar-refractivity contribution in [3.63, 3.8) is 0 Å². The van der Waals surface area contributed by atoms with Crippen molar-refractivity contribution < 1.29 is 9.59 Å². The zero-order valence-electron chi connectivity index (χ0n) is 15.3. The topological polar surface area (TPSA) is 49.4 Å². The summed E-state index contributed by atoms with van der Waals surface area (Å²) in [6.07, 6.45) is 0.884. The van der Waals surface area contributed by atoms with E-state index in [4.69, 9.17) is 0 Å². The minimum Gasteiger partial charge on any atom is -0.322 e. The SMILES string of the molecule is Cc1cc(C(=O)Nc2ccc(C(=O)N3CCc4ccccc43)cc2)c(C)s1. The molecular formula is C22H20N2O2S. The number of carbonyl (C=O) groups excluding carboxylic acids is 2. The number of rotatable bonds is 3. The molecule has 0 atom stereocenters. The molecule has 1 aromatic heterocycles. The molecule has 2 heterocycles. The molecule has 0 spiro atoms. The molecule has 0 saturated carbocycles. The zero-order valence-corrected chi connectivity index (χ0v) is 16.1. The Morgan fingerprint density at radius 2 is 1.78 bits per heavy atom. The fraction of sp³-hybridized carbons (Fsp3) is 0.182. The van der Waals surface area contributed by atoms with Crippen LogP contribution < -0.4 is 10.2 Å². The number of carbonyl (C=O) groups is 2. The summed E-state index contributed by atoms with van der Waals surface area (Å²) < 4.78 is 0. The van der Waals surface area contributed by atoms with E-state index >= 15 is 0 Å². The third-order valence-electron chi connectivity index (χ3n) is 4.81. The van der Waals surface area contributed by atoms with Gasteiger partial charge in [-0.1, -0.05) is 18.2 Å². The lowest BCUT2D eigenvalue weighted by Gasteiger charge is -2.17. The molecule has 0 fully saturated rings. The van der Waals surface area contributed by atoms with E-state index in [9.17, 15) is 9.59 Å². The van der Waals surface area contributed by atoms with E-state index < -0.39 is 0 Å². The van der Waals surface area contributed by atoms with Gasteiger partial charge in [-0.25, -0.2) is 0 Å². The van der Waals surface area contributed by atoms with Gasteiger partial charge in [-0.2, -0.15) is 0 Å². The summed E-state index contributed by atoms with van der Waals surface area (Å²) in [6, 6.07) is 17.0. The maximum Gasteiger partial charge on any atom is 0.258 e. The van der Waals surface area contributed by atoms with E-state index in [0.29, 0.717) is 23.4 Å². The fourth-order valence-corrected chi connectivity index (χ4v) is 4.38. The summed E-state index contributed by atoms with van der Waals surface area (Å²) in [6.45, 7) is 4.64. The minimum absolute atomic E-state index is 0.0119. The maximum atomic E-state index is 12.9. The number of nitrogens with zero attached hydrogens (tertiary/aromatic N) is 1. The van der Waals surface area contributed by atoms with E-state index in [0.717, 1.165) is 21.9 Å². The Morgan fingerprint density at radius 1 is 1.04 bits per heavy atom. The fourth-order valence-electron chi connectivity index (χ4n) is 3.46. The largest absolute Gasteiger partial charge is 0.322 e. The molecule has 0 unspecified atom stereocenters. The van der Waals surface area contributed by atoms with Crippen LogP contribution in [0.1, 0.15) is 36.0 Å². The molecular weight excluding hydrogens is 356 g/mol. The molecule has 5 heteroatoms. The van der Waals surface area contributed by atoms with Crippen molar-refractivity contribution in [2.75, 3.05) is 16.8 Å². The van der Waals surface area contributed by atoms with Gasteiger partial charge in [0, 0.05) is 33.2 Å². The molecule has 3 aromatic rings. The molecule has 1 aliphatic heterocycles. The molecule has 2 amide bonds. The Morgan fingerprint density at radius 3 is 2.48 bits per heavy atom. The van der Waals surface area contributed by atoms with Crippen LogP contribution in [0.25, 0.3) is 0 Å².